The van der Waals surface area contributed by atoms with Crippen molar-refractivity contribution < 1.29 is 9.52 Å². The fourth-order valence-corrected chi connectivity index (χ4v) is 4.22. The van der Waals surface area contributed by atoms with Gasteiger partial charge >= 0.3 is 0 Å². The molecule has 0 unspecified atom stereocenters. The number of furan rings is 1. The Morgan fingerprint density at radius 3 is 3.19 bits per heavy atom. The maximum Gasteiger partial charge on any atom is 0.168 e. The monoisotopic (exact) mass is 320 g/mol. The van der Waals surface area contributed by atoms with Crippen molar-refractivity contribution in [3.05, 3.63) is 40.0 Å². The zero-order valence-corrected chi connectivity index (χ0v) is 12.7. The van der Waals surface area contributed by atoms with E-state index in [4.69, 9.17) is 16.0 Å². The third kappa shape index (κ3) is 2.08. The number of hydrogen-bond acceptors (Lipinski definition) is 5. The summed E-state index contributed by atoms with van der Waals surface area (Å²) in [7, 11) is 0. The number of hydrogen-bond donors (Lipinski definition) is 1. The number of aliphatic hydroxyl groups excluding tert-OH is 1. The molecule has 0 atom stereocenters. The van der Waals surface area contributed by atoms with Gasteiger partial charge in [0.05, 0.1) is 18.5 Å². The Bertz CT molecular complexity index is 781. The summed E-state index contributed by atoms with van der Waals surface area (Å²) < 4.78 is 5.49. The molecule has 0 bridgehead atoms. The molecule has 1 N–H and O–H groups in total. The lowest BCUT2D eigenvalue weighted by Crippen LogP contribution is -2.20. The number of thioether (sulfide) groups is 1. The maximum absolute atomic E-state index is 9.33. The van der Waals surface area contributed by atoms with Gasteiger partial charge in [-0.15, -0.1) is 0 Å². The maximum atomic E-state index is 9.33. The second kappa shape index (κ2) is 5.09. The quantitative estimate of drug-likeness (QED) is 0.939. The van der Waals surface area contributed by atoms with Crippen LogP contribution in [-0.2, 0) is 0 Å². The number of halogens is 1. The highest BCUT2D eigenvalue weighted by Gasteiger charge is 2.33. The Labute approximate surface area is 131 Å². The molecular weight excluding hydrogens is 308 g/mol. The van der Waals surface area contributed by atoms with E-state index in [1.807, 2.05) is 18.2 Å². The van der Waals surface area contributed by atoms with Gasteiger partial charge in [0, 0.05) is 46.5 Å². The molecule has 0 spiro atoms. The highest BCUT2D eigenvalue weighted by atomic mass is 35.5. The van der Waals surface area contributed by atoms with Crippen LogP contribution in [0.15, 0.2) is 38.8 Å². The number of aliphatic imine (C=N–C) groups is 1. The topological polar surface area (TPSA) is 49.0 Å². The van der Waals surface area contributed by atoms with Crippen LogP contribution >= 0.6 is 23.4 Å². The molecule has 0 saturated heterocycles. The highest BCUT2D eigenvalue weighted by Crippen LogP contribution is 2.45. The van der Waals surface area contributed by atoms with Gasteiger partial charge in [0.1, 0.15) is 5.58 Å². The van der Waals surface area contributed by atoms with Gasteiger partial charge in [0.15, 0.2) is 5.17 Å². The van der Waals surface area contributed by atoms with Crippen molar-refractivity contribution in [3.8, 4) is 0 Å². The normalized spacial score (nSPS) is 17.8. The van der Waals surface area contributed by atoms with Crippen LogP contribution in [0.25, 0.3) is 16.7 Å². The van der Waals surface area contributed by atoms with Crippen molar-refractivity contribution in [2.24, 2.45) is 4.99 Å². The molecule has 2 aliphatic heterocycles. The molecule has 0 radical (unpaired) electrons. The fourth-order valence-electron chi connectivity index (χ4n) is 2.83. The number of benzene rings is 1. The van der Waals surface area contributed by atoms with Crippen molar-refractivity contribution in [3.63, 3.8) is 0 Å². The zero-order valence-electron chi connectivity index (χ0n) is 11.2. The minimum atomic E-state index is 0.127. The molecule has 6 heteroatoms. The van der Waals surface area contributed by atoms with Crippen molar-refractivity contribution in [1.82, 2.24) is 4.90 Å². The number of fused-ring (bicyclic) bond motifs is 2. The Hall–Kier alpha value is -1.43. The minimum absolute atomic E-state index is 0.127. The lowest BCUT2D eigenvalue weighted by molar-refractivity contribution is 0.301. The van der Waals surface area contributed by atoms with E-state index in [-0.39, 0.29) is 6.61 Å². The molecule has 0 amide bonds. The van der Waals surface area contributed by atoms with E-state index in [1.165, 1.54) is 0 Å². The predicted octanol–water partition coefficient (Wildman–Crippen LogP) is 3.56. The third-order valence-corrected chi connectivity index (χ3v) is 5.07. The summed E-state index contributed by atoms with van der Waals surface area (Å²) in [5.41, 5.74) is 2.94. The van der Waals surface area contributed by atoms with Crippen LogP contribution in [0.4, 0.5) is 0 Å². The van der Waals surface area contributed by atoms with Crippen LogP contribution in [0.1, 0.15) is 12.0 Å². The lowest BCUT2D eigenvalue weighted by atomic mass is 10.1. The molecule has 21 heavy (non-hydrogen) atoms. The van der Waals surface area contributed by atoms with Crippen LogP contribution in [-0.4, -0.2) is 34.9 Å². The standard InChI is InChI=1S/C15H13ClN2O2S/c16-9-7-11(10-2-6-20-12(10)8-9)14-13(1-5-19)21-15-17-3-4-18(14)15/h2,6-8,19H,1,3-5H2. The Morgan fingerprint density at radius 1 is 1.43 bits per heavy atom. The van der Waals surface area contributed by atoms with E-state index in [9.17, 15) is 5.11 Å². The summed E-state index contributed by atoms with van der Waals surface area (Å²) >= 11 is 7.89. The Balaban J connectivity index is 1.94. The summed E-state index contributed by atoms with van der Waals surface area (Å²) in [4.78, 5) is 7.88. The number of aliphatic hydroxyl groups is 1. The Morgan fingerprint density at radius 2 is 2.33 bits per heavy atom. The van der Waals surface area contributed by atoms with E-state index in [1.54, 1.807) is 18.0 Å². The fraction of sp³-hybridized carbons (Fsp3) is 0.267. The molecule has 0 aliphatic carbocycles. The van der Waals surface area contributed by atoms with Gasteiger partial charge in [-0.2, -0.15) is 0 Å². The van der Waals surface area contributed by atoms with Crippen molar-refractivity contribution in [1.29, 1.82) is 0 Å². The van der Waals surface area contributed by atoms with Crippen molar-refractivity contribution in [2.45, 2.75) is 6.42 Å². The van der Waals surface area contributed by atoms with Crippen LogP contribution < -0.4 is 0 Å². The molecule has 0 saturated carbocycles. The van der Waals surface area contributed by atoms with E-state index < -0.39 is 0 Å². The molecule has 2 aliphatic rings. The summed E-state index contributed by atoms with van der Waals surface area (Å²) in [6.07, 6.45) is 2.30. The summed E-state index contributed by atoms with van der Waals surface area (Å²) in [6.45, 7) is 1.81. The first-order valence-corrected chi connectivity index (χ1v) is 7.98. The van der Waals surface area contributed by atoms with Crippen LogP contribution in [0.5, 0.6) is 0 Å². The molecule has 4 nitrogen and oxygen atoms in total. The number of rotatable bonds is 3. The van der Waals surface area contributed by atoms with Crippen LogP contribution in [0, 0.1) is 0 Å². The van der Waals surface area contributed by atoms with Gasteiger partial charge in [0.2, 0.25) is 0 Å². The summed E-state index contributed by atoms with van der Waals surface area (Å²) in [6, 6.07) is 5.75. The number of nitrogens with zero attached hydrogens (tertiary/aromatic N) is 2. The highest BCUT2D eigenvalue weighted by molar-refractivity contribution is 8.17. The van der Waals surface area contributed by atoms with Gasteiger partial charge in [-0.3, -0.25) is 4.99 Å². The van der Waals surface area contributed by atoms with Gasteiger partial charge in [-0.1, -0.05) is 23.4 Å². The molecule has 1 aromatic carbocycles. The zero-order chi connectivity index (χ0) is 14.4. The SMILES string of the molecule is OCCC1=C(c2cc(Cl)cc3occc23)N2CCN=C2S1. The smallest absolute Gasteiger partial charge is 0.168 e. The van der Waals surface area contributed by atoms with Gasteiger partial charge in [-0.25, -0.2) is 0 Å². The minimum Gasteiger partial charge on any atom is -0.464 e. The van der Waals surface area contributed by atoms with E-state index >= 15 is 0 Å². The second-order valence-corrected chi connectivity index (χ2v) is 6.45. The molecule has 2 aromatic rings. The van der Waals surface area contributed by atoms with Gasteiger partial charge < -0.3 is 14.4 Å². The van der Waals surface area contributed by atoms with Gasteiger partial charge in [0.25, 0.3) is 0 Å². The average Bonchev–Trinajstić information content (AvgIpc) is 3.12. The van der Waals surface area contributed by atoms with Crippen LogP contribution in [0.3, 0.4) is 0 Å². The predicted molar refractivity (Wildman–Crippen MR) is 86.4 cm³/mol. The first-order chi connectivity index (χ1) is 10.3. The van der Waals surface area contributed by atoms with Crippen LogP contribution in [0.2, 0.25) is 5.02 Å². The molecule has 1 aromatic heterocycles. The van der Waals surface area contributed by atoms with Crippen molar-refractivity contribution >= 4 is 45.2 Å². The summed E-state index contributed by atoms with van der Waals surface area (Å²) in [5, 5.41) is 12.0. The molecule has 4 rings (SSSR count). The number of amidine groups is 1. The Kier molecular flexibility index (Phi) is 3.21. The van der Waals surface area contributed by atoms with Gasteiger partial charge in [-0.05, 0) is 12.1 Å². The largest absolute Gasteiger partial charge is 0.464 e. The second-order valence-electron chi connectivity index (χ2n) is 4.95. The molecule has 0 fully saturated rings. The average molecular weight is 321 g/mol. The van der Waals surface area contributed by atoms with E-state index in [0.29, 0.717) is 11.4 Å². The molecule has 3 heterocycles. The first kappa shape index (κ1) is 13.2. The first-order valence-electron chi connectivity index (χ1n) is 6.79. The molecule has 108 valence electrons. The molecular formula is C15H13ClN2O2S. The van der Waals surface area contributed by atoms with E-state index in [2.05, 4.69) is 9.89 Å². The summed E-state index contributed by atoms with van der Waals surface area (Å²) in [5.74, 6) is 0. The lowest BCUT2D eigenvalue weighted by Gasteiger charge is -2.18. The van der Waals surface area contributed by atoms with E-state index in [0.717, 1.165) is 45.4 Å². The van der Waals surface area contributed by atoms with Crippen molar-refractivity contribution in [2.75, 3.05) is 19.7 Å². The third-order valence-electron chi connectivity index (χ3n) is 3.68.